The molecule has 3 aromatic heterocycles. The van der Waals surface area contributed by atoms with E-state index in [0.717, 1.165) is 30.5 Å². The van der Waals surface area contributed by atoms with Crippen LogP contribution in [0.5, 0.6) is 0 Å². The Balaban J connectivity index is 1.52. The number of nitrogens with one attached hydrogen (secondary N) is 2. The average molecular weight is 418 g/mol. The first-order valence-electron chi connectivity index (χ1n) is 10.4. The van der Waals surface area contributed by atoms with Crippen molar-refractivity contribution in [1.82, 2.24) is 29.8 Å². The molecule has 1 atom stereocenters. The number of H-pyrrole nitrogens is 2. The Hall–Kier alpha value is -3.62. The first kappa shape index (κ1) is 19.3. The van der Waals surface area contributed by atoms with Crippen LogP contribution in [0.3, 0.4) is 0 Å². The Morgan fingerprint density at radius 3 is 2.81 bits per heavy atom. The second-order valence-electron chi connectivity index (χ2n) is 8.31. The van der Waals surface area contributed by atoms with E-state index in [0.29, 0.717) is 36.7 Å². The minimum absolute atomic E-state index is 0.0378. The number of hydrogen-bond acceptors (Lipinski definition) is 6. The summed E-state index contributed by atoms with van der Waals surface area (Å²) in [6.07, 6.45) is 7.67. The van der Waals surface area contributed by atoms with Crippen LogP contribution in [0, 0.1) is 6.92 Å². The van der Waals surface area contributed by atoms with Gasteiger partial charge in [-0.15, -0.1) is 0 Å². The van der Waals surface area contributed by atoms with E-state index >= 15 is 0 Å². The second-order valence-corrected chi connectivity index (χ2v) is 8.31. The summed E-state index contributed by atoms with van der Waals surface area (Å²) < 4.78 is 0. The van der Waals surface area contributed by atoms with Gasteiger partial charge in [0.25, 0.3) is 17.0 Å². The van der Waals surface area contributed by atoms with E-state index in [1.807, 2.05) is 6.07 Å². The van der Waals surface area contributed by atoms with Crippen molar-refractivity contribution in [3.63, 3.8) is 0 Å². The number of pyridine rings is 1. The van der Waals surface area contributed by atoms with E-state index in [1.54, 1.807) is 30.3 Å². The topological polar surface area (TPSA) is 125 Å². The lowest BCUT2D eigenvalue weighted by molar-refractivity contribution is 0.0631. The van der Waals surface area contributed by atoms with Crippen molar-refractivity contribution in [1.29, 1.82) is 0 Å². The lowest BCUT2D eigenvalue weighted by Crippen LogP contribution is -2.49. The van der Waals surface area contributed by atoms with Crippen molar-refractivity contribution < 1.29 is 4.79 Å². The number of aromatic nitrogens is 5. The summed E-state index contributed by atoms with van der Waals surface area (Å²) in [5.74, 6) is 0.618. The molecule has 1 spiro atoms. The molecule has 1 unspecified atom stereocenters. The summed E-state index contributed by atoms with van der Waals surface area (Å²) in [5, 5.41) is 0. The molecule has 1 aliphatic carbocycles. The zero-order chi connectivity index (χ0) is 21.6. The van der Waals surface area contributed by atoms with Gasteiger partial charge in [0.2, 0.25) is 0 Å². The molecule has 31 heavy (non-hydrogen) atoms. The number of amides is 1. The molecule has 0 radical (unpaired) electrons. The number of aromatic amines is 2. The fraction of sp³-hybridized carbons (Fsp3) is 0.364. The SMILES string of the molecule is Cc1ncc(C(=O)N2CCCC3(CCc4c3nc(-c3cccnc3)[nH]c4=O)C2)c(=O)[nH]1. The first-order valence-corrected chi connectivity index (χ1v) is 10.4. The van der Waals surface area contributed by atoms with Gasteiger partial charge in [-0.05, 0) is 44.7 Å². The highest BCUT2D eigenvalue weighted by Crippen LogP contribution is 2.43. The molecular formula is C22H22N6O3. The predicted octanol–water partition coefficient (Wildman–Crippen LogP) is 1.34. The summed E-state index contributed by atoms with van der Waals surface area (Å²) in [7, 11) is 0. The maximum atomic E-state index is 13.1. The minimum atomic E-state index is -0.433. The maximum absolute atomic E-state index is 13.1. The Labute approximate surface area is 177 Å². The molecule has 0 bridgehead atoms. The predicted molar refractivity (Wildman–Crippen MR) is 113 cm³/mol. The second kappa shape index (κ2) is 7.26. The normalized spacial score (nSPS) is 20.1. The van der Waals surface area contributed by atoms with Crippen molar-refractivity contribution in [2.24, 2.45) is 0 Å². The number of aryl methyl sites for hydroxylation is 1. The number of fused-ring (bicyclic) bond motifs is 2. The van der Waals surface area contributed by atoms with Gasteiger partial charge >= 0.3 is 0 Å². The smallest absolute Gasteiger partial charge is 0.263 e. The molecule has 1 saturated heterocycles. The quantitative estimate of drug-likeness (QED) is 0.647. The molecule has 4 heterocycles. The number of rotatable bonds is 2. The Bertz CT molecular complexity index is 1280. The van der Waals surface area contributed by atoms with Crippen molar-refractivity contribution in [2.45, 2.75) is 38.0 Å². The Morgan fingerprint density at radius 2 is 2.03 bits per heavy atom. The van der Waals surface area contributed by atoms with Crippen molar-refractivity contribution in [3.8, 4) is 11.4 Å². The summed E-state index contributed by atoms with van der Waals surface area (Å²) in [4.78, 5) is 58.4. The van der Waals surface area contributed by atoms with Crippen LogP contribution in [-0.4, -0.2) is 48.8 Å². The lowest BCUT2D eigenvalue weighted by atomic mass is 9.77. The highest BCUT2D eigenvalue weighted by Gasteiger charge is 2.46. The lowest BCUT2D eigenvalue weighted by Gasteiger charge is -2.40. The minimum Gasteiger partial charge on any atom is -0.337 e. The van der Waals surface area contributed by atoms with Gasteiger partial charge in [0.05, 0.1) is 5.69 Å². The highest BCUT2D eigenvalue weighted by molar-refractivity contribution is 5.93. The van der Waals surface area contributed by atoms with E-state index in [9.17, 15) is 14.4 Å². The molecule has 0 saturated carbocycles. The van der Waals surface area contributed by atoms with Gasteiger partial charge in [0.15, 0.2) is 0 Å². The first-order chi connectivity index (χ1) is 15.0. The zero-order valence-corrected chi connectivity index (χ0v) is 17.1. The number of likely N-dealkylation sites (tertiary alicyclic amines) is 1. The van der Waals surface area contributed by atoms with Gasteiger partial charge in [0.1, 0.15) is 17.2 Å². The summed E-state index contributed by atoms with van der Waals surface area (Å²) in [5.41, 5.74) is 1.28. The van der Waals surface area contributed by atoms with E-state index in [1.165, 1.54) is 6.20 Å². The van der Waals surface area contributed by atoms with Crippen LogP contribution in [0.25, 0.3) is 11.4 Å². The third-order valence-electron chi connectivity index (χ3n) is 6.33. The molecule has 158 valence electrons. The van der Waals surface area contributed by atoms with Crippen molar-refractivity contribution >= 4 is 5.91 Å². The van der Waals surface area contributed by atoms with Crippen LogP contribution < -0.4 is 11.1 Å². The molecule has 1 amide bonds. The Kier molecular flexibility index (Phi) is 4.53. The third-order valence-corrected chi connectivity index (χ3v) is 6.33. The number of hydrogen-bond donors (Lipinski definition) is 2. The number of piperidine rings is 1. The largest absolute Gasteiger partial charge is 0.337 e. The van der Waals surface area contributed by atoms with Crippen LogP contribution in [0.1, 0.15) is 46.7 Å². The van der Waals surface area contributed by atoms with E-state index in [-0.39, 0.29) is 22.4 Å². The fourth-order valence-corrected chi connectivity index (χ4v) is 4.80. The van der Waals surface area contributed by atoms with Gasteiger partial charge in [0, 0.05) is 48.2 Å². The molecule has 9 nitrogen and oxygen atoms in total. The van der Waals surface area contributed by atoms with Gasteiger partial charge in [-0.2, -0.15) is 0 Å². The summed E-state index contributed by atoms with van der Waals surface area (Å²) in [6.45, 7) is 2.65. The average Bonchev–Trinajstić information content (AvgIpc) is 3.12. The highest BCUT2D eigenvalue weighted by atomic mass is 16.2. The molecule has 1 fully saturated rings. The van der Waals surface area contributed by atoms with Crippen molar-refractivity contribution in [2.75, 3.05) is 13.1 Å². The fourth-order valence-electron chi connectivity index (χ4n) is 4.80. The van der Waals surface area contributed by atoms with Crippen LogP contribution in [0.4, 0.5) is 0 Å². The Morgan fingerprint density at radius 1 is 1.16 bits per heavy atom. The van der Waals surface area contributed by atoms with E-state index in [4.69, 9.17) is 4.98 Å². The van der Waals surface area contributed by atoms with Crippen LogP contribution in [0.2, 0.25) is 0 Å². The number of carbonyl (C=O) groups is 1. The van der Waals surface area contributed by atoms with Crippen molar-refractivity contribution in [3.05, 3.63) is 74.1 Å². The number of carbonyl (C=O) groups excluding carboxylic acids is 1. The number of nitrogens with zero attached hydrogens (tertiary/aromatic N) is 4. The molecule has 5 rings (SSSR count). The van der Waals surface area contributed by atoms with E-state index < -0.39 is 5.56 Å². The van der Waals surface area contributed by atoms with Gasteiger partial charge < -0.3 is 14.9 Å². The zero-order valence-electron chi connectivity index (χ0n) is 17.1. The van der Waals surface area contributed by atoms with Gasteiger partial charge in [-0.3, -0.25) is 19.4 Å². The maximum Gasteiger partial charge on any atom is 0.263 e. The molecule has 0 aromatic carbocycles. The monoisotopic (exact) mass is 418 g/mol. The molecule has 1 aliphatic heterocycles. The van der Waals surface area contributed by atoms with E-state index in [2.05, 4.69) is 19.9 Å². The van der Waals surface area contributed by atoms with Gasteiger partial charge in [-0.25, -0.2) is 9.97 Å². The summed E-state index contributed by atoms with van der Waals surface area (Å²) >= 11 is 0. The van der Waals surface area contributed by atoms with Crippen LogP contribution in [-0.2, 0) is 11.8 Å². The summed E-state index contributed by atoms with van der Waals surface area (Å²) in [6, 6.07) is 3.65. The van der Waals surface area contributed by atoms with Gasteiger partial charge in [-0.1, -0.05) is 0 Å². The molecule has 9 heteroatoms. The van der Waals surface area contributed by atoms with Crippen LogP contribution in [0.15, 0.2) is 40.3 Å². The molecular weight excluding hydrogens is 396 g/mol. The van der Waals surface area contributed by atoms with Crippen LogP contribution >= 0.6 is 0 Å². The molecule has 2 N–H and O–H groups in total. The molecule has 2 aliphatic rings. The standard InChI is InChI=1S/C22H22N6O3/c1-13-24-11-16(20(30)25-13)21(31)28-9-3-6-22(12-28)7-5-15-17(22)26-18(27-19(15)29)14-4-2-8-23-10-14/h2,4,8,10-11H,3,5-7,9,12H2,1H3,(H,24,25,30)(H,26,27,29). The molecule has 3 aromatic rings. The third kappa shape index (κ3) is 3.26.